The number of rotatable bonds is 3. The van der Waals surface area contributed by atoms with Crippen molar-refractivity contribution in [1.82, 2.24) is 10.3 Å². The molecule has 0 aliphatic carbocycles. The lowest BCUT2D eigenvalue weighted by Crippen LogP contribution is -2.06. The number of nitrogens with one attached hydrogen (secondary N) is 1. The van der Waals surface area contributed by atoms with Crippen LogP contribution in [0.2, 0.25) is 5.02 Å². The summed E-state index contributed by atoms with van der Waals surface area (Å²) in [7, 11) is 1.81. The summed E-state index contributed by atoms with van der Waals surface area (Å²) in [6, 6.07) is 1.25. The van der Waals surface area contributed by atoms with Crippen molar-refractivity contribution in [2.24, 2.45) is 0 Å². The zero-order valence-electron chi connectivity index (χ0n) is 8.66. The Kier molecular flexibility index (Phi) is 4.70. The van der Waals surface area contributed by atoms with E-state index >= 15 is 0 Å². The molecule has 6 heteroatoms. The zero-order valence-corrected chi connectivity index (χ0v) is 9.41. The Balaban J connectivity index is 2.93. The van der Waals surface area contributed by atoms with Gasteiger partial charge in [0.2, 0.25) is 0 Å². The van der Waals surface area contributed by atoms with E-state index in [0.717, 1.165) is 6.54 Å². The van der Waals surface area contributed by atoms with Crippen molar-refractivity contribution in [3.63, 3.8) is 0 Å². The molecule has 0 saturated carbocycles. The monoisotopic (exact) mass is 239 g/mol. The van der Waals surface area contributed by atoms with Gasteiger partial charge < -0.3 is 5.32 Å². The normalized spacial score (nSPS) is 9.38. The van der Waals surface area contributed by atoms with E-state index in [1.165, 1.54) is 12.3 Å². The lowest BCUT2D eigenvalue weighted by Gasteiger charge is -1.95. The summed E-state index contributed by atoms with van der Waals surface area (Å²) >= 11 is 5.62. The van der Waals surface area contributed by atoms with E-state index in [-0.39, 0.29) is 16.4 Å². The van der Waals surface area contributed by atoms with Crippen LogP contribution in [-0.4, -0.2) is 23.5 Å². The van der Waals surface area contributed by atoms with Crippen molar-refractivity contribution in [3.05, 3.63) is 33.1 Å². The van der Waals surface area contributed by atoms with E-state index in [2.05, 4.69) is 22.1 Å². The molecular formula is C10H10ClN3O2. The highest BCUT2D eigenvalue weighted by Gasteiger charge is 2.13. The van der Waals surface area contributed by atoms with Gasteiger partial charge in [-0.05, 0) is 13.0 Å². The molecule has 1 heterocycles. The van der Waals surface area contributed by atoms with Gasteiger partial charge in [0.05, 0.1) is 9.95 Å². The van der Waals surface area contributed by atoms with Gasteiger partial charge in [-0.25, -0.2) is 4.98 Å². The first-order valence-electron chi connectivity index (χ1n) is 4.58. The summed E-state index contributed by atoms with van der Waals surface area (Å²) in [4.78, 5) is 14.0. The number of nitro groups is 1. The minimum Gasteiger partial charge on any atom is -0.319 e. The predicted molar refractivity (Wildman–Crippen MR) is 61.3 cm³/mol. The van der Waals surface area contributed by atoms with Crippen LogP contribution in [0.15, 0.2) is 12.3 Å². The van der Waals surface area contributed by atoms with Crippen molar-refractivity contribution in [1.29, 1.82) is 0 Å². The Morgan fingerprint density at radius 1 is 1.69 bits per heavy atom. The van der Waals surface area contributed by atoms with Crippen LogP contribution in [-0.2, 0) is 0 Å². The van der Waals surface area contributed by atoms with Gasteiger partial charge in [-0.3, -0.25) is 10.1 Å². The third kappa shape index (κ3) is 3.50. The number of halogens is 1. The molecule has 0 aromatic carbocycles. The minimum absolute atomic E-state index is 0.144. The lowest BCUT2D eigenvalue weighted by molar-refractivity contribution is -0.385. The first kappa shape index (κ1) is 12.4. The van der Waals surface area contributed by atoms with Crippen LogP contribution in [0.3, 0.4) is 0 Å². The molecule has 0 radical (unpaired) electrons. The maximum absolute atomic E-state index is 10.7. The first-order chi connectivity index (χ1) is 7.65. The van der Waals surface area contributed by atoms with Crippen molar-refractivity contribution in [2.75, 3.05) is 13.6 Å². The molecule has 1 N–H and O–H groups in total. The molecule has 16 heavy (non-hydrogen) atoms. The third-order valence-corrected chi connectivity index (χ3v) is 1.94. The van der Waals surface area contributed by atoms with Crippen LogP contribution < -0.4 is 5.32 Å². The average Bonchev–Trinajstić information content (AvgIpc) is 2.26. The molecule has 0 unspecified atom stereocenters. The van der Waals surface area contributed by atoms with Crippen molar-refractivity contribution in [2.45, 2.75) is 6.42 Å². The summed E-state index contributed by atoms with van der Waals surface area (Å²) in [5, 5.41) is 13.8. The molecule has 5 nitrogen and oxygen atoms in total. The second-order valence-corrected chi connectivity index (χ2v) is 3.37. The molecule has 84 valence electrons. The Morgan fingerprint density at radius 3 is 3.06 bits per heavy atom. The number of aromatic nitrogens is 1. The predicted octanol–water partition coefficient (Wildman–Crippen LogP) is 1.60. The maximum atomic E-state index is 10.7. The Bertz CT molecular complexity index is 451. The van der Waals surface area contributed by atoms with Crippen LogP contribution in [0.5, 0.6) is 0 Å². The standard InChI is InChI=1S/C10H10ClN3O2/c1-12-5-3-2-4-9-10(14(15)16)6-8(11)7-13-9/h6-7,12H,3,5H2,1H3. The smallest absolute Gasteiger partial charge is 0.304 e. The van der Waals surface area contributed by atoms with Gasteiger partial charge in [-0.15, -0.1) is 0 Å². The quantitative estimate of drug-likeness (QED) is 0.377. The summed E-state index contributed by atoms with van der Waals surface area (Å²) in [5.74, 6) is 5.45. The van der Waals surface area contributed by atoms with Crippen LogP contribution in [0.4, 0.5) is 5.69 Å². The number of hydrogen-bond acceptors (Lipinski definition) is 4. The fourth-order valence-corrected chi connectivity index (χ4v) is 1.15. The van der Waals surface area contributed by atoms with E-state index in [1.54, 1.807) is 0 Å². The van der Waals surface area contributed by atoms with Gasteiger partial charge in [0.15, 0.2) is 5.69 Å². The third-order valence-electron chi connectivity index (χ3n) is 1.74. The molecule has 1 aromatic heterocycles. The van der Waals surface area contributed by atoms with Crippen LogP contribution in [0.25, 0.3) is 0 Å². The number of nitrogens with zero attached hydrogens (tertiary/aromatic N) is 2. The molecule has 0 aliphatic rings. The lowest BCUT2D eigenvalue weighted by atomic mass is 10.3. The second-order valence-electron chi connectivity index (χ2n) is 2.93. The molecule has 0 aliphatic heterocycles. The fraction of sp³-hybridized carbons (Fsp3) is 0.300. The molecule has 1 aromatic rings. The van der Waals surface area contributed by atoms with Gasteiger partial charge in [0.1, 0.15) is 0 Å². The van der Waals surface area contributed by atoms with Gasteiger partial charge in [0.25, 0.3) is 0 Å². The maximum Gasteiger partial charge on any atom is 0.304 e. The van der Waals surface area contributed by atoms with E-state index in [0.29, 0.717) is 6.42 Å². The van der Waals surface area contributed by atoms with Crippen LogP contribution in [0, 0.1) is 22.0 Å². The minimum atomic E-state index is -0.541. The Hall–Kier alpha value is -1.64. The van der Waals surface area contributed by atoms with E-state index in [1.807, 2.05) is 7.05 Å². The Labute approximate surface area is 98.0 Å². The van der Waals surface area contributed by atoms with Gasteiger partial charge in [-0.2, -0.15) is 0 Å². The van der Waals surface area contributed by atoms with Gasteiger partial charge in [0, 0.05) is 25.2 Å². The molecule has 0 amide bonds. The molecular weight excluding hydrogens is 230 g/mol. The number of hydrogen-bond donors (Lipinski definition) is 1. The number of pyridine rings is 1. The molecule has 0 atom stereocenters. The van der Waals surface area contributed by atoms with Crippen LogP contribution in [0.1, 0.15) is 12.1 Å². The molecule has 1 rings (SSSR count). The van der Waals surface area contributed by atoms with Crippen LogP contribution >= 0.6 is 11.6 Å². The highest BCUT2D eigenvalue weighted by Crippen LogP contribution is 2.19. The zero-order chi connectivity index (χ0) is 12.0. The summed E-state index contributed by atoms with van der Waals surface area (Å²) in [5.41, 5.74) is -0.0186. The topological polar surface area (TPSA) is 68.1 Å². The highest BCUT2D eigenvalue weighted by atomic mass is 35.5. The summed E-state index contributed by atoms with van der Waals surface area (Å²) < 4.78 is 0. The molecule has 0 spiro atoms. The molecule has 0 bridgehead atoms. The Morgan fingerprint density at radius 2 is 2.44 bits per heavy atom. The second kappa shape index (κ2) is 6.05. The van der Waals surface area contributed by atoms with E-state index in [9.17, 15) is 10.1 Å². The van der Waals surface area contributed by atoms with Gasteiger partial charge in [-0.1, -0.05) is 17.5 Å². The van der Waals surface area contributed by atoms with Crippen molar-refractivity contribution in [3.8, 4) is 11.8 Å². The van der Waals surface area contributed by atoms with E-state index < -0.39 is 4.92 Å². The first-order valence-corrected chi connectivity index (χ1v) is 4.96. The highest BCUT2D eigenvalue weighted by molar-refractivity contribution is 6.30. The van der Waals surface area contributed by atoms with Gasteiger partial charge >= 0.3 is 5.69 Å². The summed E-state index contributed by atoms with van der Waals surface area (Å²) in [6.45, 7) is 0.731. The SMILES string of the molecule is CNCCC#Cc1ncc(Cl)cc1[N+](=O)[O-]. The average molecular weight is 240 g/mol. The fourth-order valence-electron chi connectivity index (χ4n) is 0.998. The van der Waals surface area contributed by atoms with E-state index in [4.69, 9.17) is 11.6 Å². The molecule has 0 fully saturated rings. The van der Waals surface area contributed by atoms with Crippen molar-refractivity contribution >= 4 is 17.3 Å². The van der Waals surface area contributed by atoms with Crippen molar-refractivity contribution < 1.29 is 4.92 Å². The molecule has 0 saturated heterocycles. The largest absolute Gasteiger partial charge is 0.319 e. The summed E-state index contributed by atoms with van der Waals surface area (Å²) in [6.07, 6.45) is 1.95.